The van der Waals surface area contributed by atoms with Gasteiger partial charge in [0.25, 0.3) is 0 Å². The van der Waals surface area contributed by atoms with Crippen LogP contribution in [0.3, 0.4) is 0 Å². The molecule has 0 fully saturated rings. The van der Waals surface area contributed by atoms with Gasteiger partial charge in [0, 0.05) is 6.08 Å². The average molecular weight is 339 g/mol. The van der Waals surface area contributed by atoms with Gasteiger partial charge in [-0.3, -0.25) is 4.79 Å². The van der Waals surface area contributed by atoms with Crippen molar-refractivity contribution >= 4 is 12.0 Å². The van der Waals surface area contributed by atoms with Crippen LogP contribution in [0.1, 0.15) is 18.9 Å². The van der Waals surface area contributed by atoms with Crippen LogP contribution in [-0.2, 0) is 4.79 Å². The predicted octanol–water partition coefficient (Wildman–Crippen LogP) is 0.975. The topological polar surface area (TPSA) is 97.3 Å². The number of hydrogen-bond acceptors (Lipinski definition) is 6. The zero-order valence-electron chi connectivity index (χ0n) is 14.5. The molecule has 0 saturated heterocycles. The summed E-state index contributed by atoms with van der Waals surface area (Å²) in [6.45, 7) is 1.09. The highest BCUT2D eigenvalue weighted by molar-refractivity contribution is 5.92. The second kappa shape index (κ2) is 9.14. The Morgan fingerprint density at radius 1 is 1.12 bits per heavy atom. The van der Waals surface area contributed by atoms with Gasteiger partial charge >= 0.3 is 0 Å². The minimum atomic E-state index is -1.03. The summed E-state index contributed by atoms with van der Waals surface area (Å²) in [6, 6.07) is 3.41. The van der Waals surface area contributed by atoms with Crippen molar-refractivity contribution < 1.29 is 29.2 Å². The van der Waals surface area contributed by atoms with E-state index in [0.717, 1.165) is 0 Å². The van der Waals surface area contributed by atoms with Crippen LogP contribution in [-0.4, -0.2) is 56.2 Å². The second-order valence-corrected chi connectivity index (χ2v) is 5.23. The van der Waals surface area contributed by atoms with E-state index in [0.29, 0.717) is 29.2 Å². The molecule has 0 aliphatic rings. The molecule has 7 nitrogen and oxygen atoms in total. The molecule has 0 spiro atoms. The fourth-order valence-corrected chi connectivity index (χ4v) is 2.11. The van der Waals surface area contributed by atoms with Crippen molar-refractivity contribution in [2.45, 2.75) is 18.9 Å². The Kier molecular flexibility index (Phi) is 7.54. The Labute approximate surface area is 141 Å². The molecule has 1 amide bonds. The zero-order chi connectivity index (χ0) is 18.2. The van der Waals surface area contributed by atoms with Gasteiger partial charge < -0.3 is 29.7 Å². The van der Waals surface area contributed by atoms with E-state index in [1.807, 2.05) is 0 Å². The van der Waals surface area contributed by atoms with Crippen molar-refractivity contribution in [3.05, 3.63) is 23.8 Å². The van der Waals surface area contributed by atoms with E-state index in [9.17, 15) is 15.0 Å². The van der Waals surface area contributed by atoms with E-state index in [1.54, 1.807) is 25.1 Å². The Morgan fingerprint density at radius 2 is 1.67 bits per heavy atom. The highest BCUT2D eigenvalue weighted by Gasteiger charge is 2.27. The van der Waals surface area contributed by atoms with Crippen molar-refractivity contribution in [3.63, 3.8) is 0 Å². The van der Waals surface area contributed by atoms with Crippen LogP contribution in [0, 0.1) is 0 Å². The van der Waals surface area contributed by atoms with Gasteiger partial charge in [-0.25, -0.2) is 0 Å². The summed E-state index contributed by atoms with van der Waals surface area (Å²) in [5, 5.41) is 21.3. The molecule has 1 aromatic carbocycles. The molecule has 24 heavy (non-hydrogen) atoms. The Hall–Kier alpha value is -2.25. The molecule has 0 unspecified atom stereocenters. The lowest BCUT2D eigenvalue weighted by molar-refractivity contribution is -0.119. The number of carbonyl (C=O) groups excluding carboxylic acids is 1. The lowest BCUT2D eigenvalue weighted by atomic mass is 9.98. The molecule has 0 aliphatic heterocycles. The van der Waals surface area contributed by atoms with Crippen LogP contribution in [0.5, 0.6) is 17.2 Å². The minimum Gasteiger partial charge on any atom is -0.493 e. The Bertz CT molecular complexity index is 547. The molecule has 0 radical (unpaired) electrons. The number of benzene rings is 1. The van der Waals surface area contributed by atoms with Crippen molar-refractivity contribution in [1.82, 2.24) is 5.32 Å². The molecule has 0 atom stereocenters. The van der Waals surface area contributed by atoms with Crippen LogP contribution < -0.4 is 19.5 Å². The molecule has 0 bridgehead atoms. The highest BCUT2D eigenvalue weighted by atomic mass is 16.5. The molecule has 1 rings (SSSR count). The Morgan fingerprint density at radius 3 is 2.04 bits per heavy atom. The van der Waals surface area contributed by atoms with Gasteiger partial charge in [0.1, 0.15) is 0 Å². The normalized spacial score (nSPS) is 11.4. The number of carbonyl (C=O) groups is 1. The van der Waals surface area contributed by atoms with Crippen LogP contribution in [0.2, 0.25) is 0 Å². The second-order valence-electron chi connectivity index (χ2n) is 5.23. The third-order valence-electron chi connectivity index (χ3n) is 3.78. The standard InChI is InChI=1S/C17H25NO6/c1-5-17(10-19,11-20)18-15(21)7-6-12-8-13(22-2)16(24-4)14(9-12)23-3/h6-9,19-20H,5,10-11H2,1-4H3,(H,18,21)/b7-6+. The lowest BCUT2D eigenvalue weighted by Gasteiger charge is -2.29. The first kappa shape index (κ1) is 19.8. The Balaban J connectivity index is 2.99. The predicted molar refractivity (Wildman–Crippen MR) is 90.5 cm³/mol. The van der Waals surface area contributed by atoms with Crippen molar-refractivity contribution in [1.29, 1.82) is 0 Å². The number of ether oxygens (including phenoxy) is 3. The maximum absolute atomic E-state index is 12.0. The van der Waals surface area contributed by atoms with Crippen molar-refractivity contribution in [3.8, 4) is 17.2 Å². The van der Waals surface area contributed by atoms with Gasteiger partial charge in [0.15, 0.2) is 11.5 Å². The molecule has 134 valence electrons. The van der Waals surface area contributed by atoms with E-state index >= 15 is 0 Å². The van der Waals surface area contributed by atoms with Crippen LogP contribution in [0.25, 0.3) is 6.08 Å². The van der Waals surface area contributed by atoms with E-state index in [2.05, 4.69) is 5.32 Å². The van der Waals surface area contributed by atoms with Crippen molar-refractivity contribution in [2.24, 2.45) is 0 Å². The van der Waals surface area contributed by atoms with Gasteiger partial charge in [0.05, 0.1) is 40.1 Å². The lowest BCUT2D eigenvalue weighted by Crippen LogP contribution is -2.53. The first-order valence-electron chi connectivity index (χ1n) is 7.51. The SMILES string of the molecule is CCC(CO)(CO)NC(=O)/C=C/c1cc(OC)c(OC)c(OC)c1. The van der Waals surface area contributed by atoms with Crippen LogP contribution in [0.4, 0.5) is 0 Å². The fraction of sp³-hybridized carbons (Fsp3) is 0.471. The minimum absolute atomic E-state index is 0.343. The molecule has 0 heterocycles. The number of nitrogens with one attached hydrogen (secondary N) is 1. The molecule has 0 aliphatic carbocycles. The monoisotopic (exact) mass is 339 g/mol. The van der Waals surface area contributed by atoms with Crippen molar-refractivity contribution in [2.75, 3.05) is 34.5 Å². The maximum atomic E-state index is 12.0. The van der Waals surface area contributed by atoms with Gasteiger partial charge in [0.2, 0.25) is 11.7 Å². The van der Waals surface area contributed by atoms with Crippen LogP contribution >= 0.6 is 0 Å². The maximum Gasteiger partial charge on any atom is 0.244 e. The molecule has 7 heteroatoms. The van der Waals surface area contributed by atoms with E-state index in [4.69, 9.17) is 14.2 Å². The highest BCUT2D eigenvalue weighted by Crippen LogP contribution is 2.38. The molecule has 3 N–H and O–H groups in total. The summed E-state index contributed by atoms with van der Waals surface area (Å²) in [7, 11) is 4.53. The average Bonchev–Trinajstić information content (AvgIpc) is 2.63. The van der Waals surface area contributed by atoms with Gasteiger partial charge in [-0.15, -0.1) is 0 Å². The number of hydrogen-bond donors (Lipinski definition) is 3. The summed E-state index contributed by atoms with van der Waals surface area (Å²) in [5.74, 6) is 0.997. The number of amides is 1. The first-order chi connectivity index (χ1) is 11.5. The fourth-order valence-electron chi connectivity index (χ4n) is 2.11. The third kappa shape index (κ3) is 4.62. The molecule has 0 saturated carbocycles. The summed E-state index contributed by atoms with van der Waals surface area (Å²) in [4.78, 5) is 12.0. The number of methoxy groups -OCH3 is 3. The van der Waals surface area contributed by atoms with E-state index < -0.39 is 11.4 Å². The summed E-state index contributed by atoms with van der Waals surface area (Å²) >= 11 is 0. The summed E-state index contributed by atoms with van der Waals surface area (Å²) < 4.78 is 15.7. The number of aliphatic hydroxyl groups excluding tert-OH is 2. The quantitative estimate of drug-likeness (QED) is 0.580. The third-order valence-corrected chi connectivity index (χ3v) is 3.78. The number of rotatable bonds is 9. The molecule has 1 aromatic rings. The smallest absolute Gasteiger partial charge is 0.244 e. The first-order valence-corrected chi connectivity index (χ1v) is 7.51. The molecule has 0 aromatic heterocycles. The van der Waals surface area contributed by atoms with Crippen LogP contribution in [0.15, 0.2) is 18.2 Å². The summed E-state index contributed by atoms with van der Waals surface area (Å²) in [6.07, 6.45) is 3.30. The number of aliphatic hydroxyl groups is 2. The van der Waals surface area contributed by atoms with Gasteiger partial charge in [-0.1, -0.05) is 6.92 Å². The molecular formula is C17H25NO6. The van der Waals surface area contributed by atoms with Gasteiger partial charge in [-0.05, 0) is 30.2 Å². The van der Waals surface area contributed by atoms with Gasteiger partial charge in [-0.2, -0.15) is 0 Å². The summed E-state index contributed by atoms with van der Waals surface area (Å²) in [5.41, 5.74) is -0.355. The van der Waals surface area contributed by atoms with E-state index in [1.165, 1.54) is 27.4 Å². The zero-order valence-corrected chi connectivity index (χ0v) is 14.5. The largest absolute Gasteiger partial charge is 0.493 e. The van der Waals surface area contributed by atoms with E-state index in [-0.39, 0.29) is 13.2 Å². The molecular weight excluding hydrogens is 314 g/mol.